The van der Waals surface area contributed by atoms with Crippen molar-refractivity contribution in [2.24, 2.45) is 0 Å². The molecule has 5 rings (SSSR count). The van der Waals surface area contributed by atoms with Crippen LogP contribution in [0, 0.1) is 0 Å². The van der Waals surface area contributed by atoms with Gasteiger partial charge in [0.25, 0.3) is 0 Å². The summed E-state index contributed by atoms with van der Waals surface area (Å²) in [5.74, 6) is 0.115. The number of rotatable bonds is 5. The molecule has 2 aromatic carbocycles. The van der Waals surface area contributed by atoms with E-state index in [9.17, 15) is 4.79 Å². The molecule has 3 aromatic rings. The Morgan fingerprint density at radius 1 is 1.11 bits per heavy atom. The lowest BCUT2D eigenvalue weighted by atomic mass is 9.94. The van der Waals surface area contributed by atoms with E-state index in [2.05, 4.69) is 44.7 Å². The Morgan fingerprint density at radius 2 is 1.96 bits per heavy atom. The molecule has 2 aliphatic rings. The van der Waals surface area contributed by atoms with Gasteiger partial charge in [0.2, 0.25) is 5.91 Å². The van der Waals surface area contributed by atoms with Crippen LogP contribution in [-0.2, 0) is 29.7 Å². The molecule has 0 bridgehead atoms. The van der Waals surface area contributed by atoms with Crippen molar-refractivity contribution >= 4 is 11.6 Å². The number of fused-ring (bicyclic) bond motifs is 1. The van der Waals surface area contributed by atoms with Crippen molar-refractivity contribution in [3.05, 3.63) is 83.2 Å². The first-order valence-electron chi connectivity index (χ1n) is 9.92. The van der Waals surface area contributed by atoms with Crippen LogP contribution in [0.15, 0.2) is 60.8 Å². The highest BCUT2D eigenvalue weighted by Crippen LogP contribution is 2.49. The number of carbonyl (C=O) groups excluding carboxylic acids is 1. The highest BCUT2D eigenvalue weighted by atomic mass is 16.2. The molecule has 5 nitrogen and oxygen atoms in total. The average molecular weight is 372 g/mol. The quantitative estimate of drug-likeness (QED) is 0.719. The molecule has 2 heterocycles. The van der Waals surface area contributed by atoms with E-state index in [0.29, 0.717) is 0 Å². The van der Waals surface area contributed by atoms with E-state index in [1.165, 1.54) is 11.1 Å². The van der Waals surface area contributed by atoms with Gasteiger partial charge in [0.1, 0.15) is 0 Å². The predicted molar refractivity (Wildman–Crippen MR) is 109 cm³/mol. The molecule has 1 aliphatic heterocycles. The monoisotopic (exact) mass is 372 g/mol. The van der Waals surface area contributed by atoms with Crippen LogP contribution in [0.1, 0.15) is 35.2 Å². The fourth-order valence-electron chi connectivity index (χ4n) is 4.22. The van der Waals surface area contributed by atoms with Gasteiger partial charge >= 0.3 is 0 Å². The molecule has 0 radical (unpaired) electrons. The molecule has 0 atom stereocenters. The number of hydrogen-bond donors (Lipinski definition) is 2. The van der Waals surface area contributed by atoms with Crippen LogP contribution in [0.5, 0.6) is 0 Å². The molecule has 5 heteroatoms. The van der Waals surface area contributed by atoms with Crippen LogP contribution in [0.2, 0.25) is 0 Å². The highest BCUT2D eigenvalue weighted by Gasteiger charge is 2.51. The fourth-order valence-corrected chi connectivity index (χ4v) is 4.22. The van der Waals surface area contributed by atoms with E-state index in [1.807, 2.05) is 30.3 Å². The summed E-state index contributed by atoms with van der Waals surface area (Å²) in [6.07, 6.45) is 4.67. The molecule has 1 saturated carbocycles. The Labute approximate surface area is 164 Å². The van der Waals surface area contributed by atoms with Crippen LogP contribution < -0.4 is 5.32 Å². The standard InChI is InChI=1S/C23H24N4O/c28-22(23(10-11-23)19-4-2-1-3-5-19)25-20-7-6-17-9-13-27(15-18(17)14-20)16-21-8-12-24-26-21/h1-8,12,14H,9-11,13,15-16H2,(H,24,26)(H,25,28). The molecule has 142 valence electrons. The smallest absolute Gasteiger partial charge is 0.235 e. The number of benzene rings is 2. The van der Waals surface area contributed by atoms with Gasteiger partial charge < -0.3 is 5.32 Å². The maximum Gasteiger partial charge on any atom is 0.235 e. The van der Waals surface area contributed by atoms with Crippen LogP contribution >= 0.6 is 0 Å². The van der Waals surface area contributed by atoms with Gasteiger partial charge in [-0.2, -0.15) is 5.10 Å². The fraction of sp³-hybridized carbons (Fsp3) is 0.304. The van der Waals surface area contributed by atoms with Gasteiger partial charge in [-0.15, -0.1) is 0 Å². The average Bonchev–Trinajstić information content (AvgIpc) is 3.39. The largest absolute Gasteiger partial charge is 0.325 e. The van der Waals surface area contributed by atoms with E-state index in [1.54, 1.807) is 6.20 Å². The second-order valence-corrected chi connectivity index (χ2v) is 7.93. The number of carbonyl (C=O) groups is 1. The second kappa shape index (κ2) is 6.91. The summed E-state index contributed by atoms with van der Waals surface area (Å²) in [5.41, 5.74) is 5.48. The Bertz CT molecular complexity index is 977. The molecular formula is C23H24N4O. The number of amides is 1. The Kier molecular flexibility index (Phi) is 4.24. The number of H-pyrrole nitrogens is 1. The predicted octanol–water partition coefficient (Wildman–Crippen LogP) is 3.64. The number of nitrogens with zero attached hydrogens (tertiary/aromatic N) is 2. The van der Waals surface area contributed by atoms with Crippen molar-refractivity contribution in [1.82, 2.24) is 15.1 Å². The highest BCUT2D eigenvalue weighted by molar-refractivity contribution is 6.01. The first-order valence-corrected chi connectivity index (χ1v) is 9.92. The second-order valence-electron chi connectivity index (χ2n) is 7.93. The van der Waals surface area contributed by atoms with Crippen molar-refractivity contribution in [1.29, 1.82) is 0 Å². The lowest BCUT2D eigenvalue weighted by molar-refractivity contribution is -0.118. The number of anilines is 1. The van der Waals surface area contributed by atoms with Crippen LogP contribution in [0.3, 0.4) is 0 Å². The van der Waals surface area contributed by atoms with Gasteiger partial charge in [-0.25, -0.2) is 0 Å². The zero-order chi connectivity index (χ0) is 19.0. The van der Waals surface area contributed by atoms with Crippen LogP contribution in [0.25, 0.3) is 0 Å². The summed E-state index contributed by atoms with van der Waals surface area (Å²) in [5, 5.41) is 10.2. The first-order chi connectivity index (χ1) is 13.7. The maximum atomic E-state index is 13.0. The minimum absolute atomic E-state index is 0.115. The molecule has 0 spiro atoms. The third-order valence-electron chi connectivity index (χ3n) is 6.02. The third kappa shape index (κ3) is 3.22. The molecule has 28 heavy (non-hydrogen) atoms. The van der Waals surface area contributed by atoms with Crippen molar-refractivity contribution in [2.45, 2.75) is 37.8 Å². The molecule has 1 fully saturated rings. The number of aromatic nitrogens is 2. The topological polar surface area (TPSA) is 61.0 Å². The van der Waals surface area contributed by atoms with Gasteiger partial charge in [-0.05, 0) is 54.2 Å². The Balaban J connectivity index is 1.30. The van der Waals surface area contributed by atoms with Crippen molar-refractivity contribution in [2.75, 3.05) is 11.9 Å². The van der Waals surface area contributed by atoms with Crippen molar-refractivity contribution in [3.8, 4) is 0 Å². The molecule has 0 saturated heterocycles. The van der Waals surface area contributed by atoms with E-state index in [0.717, 1.165) is 55.8 Å². The minimum Gasteiger partial charge on any atom is -0.325 e. The zero-order valence-corrected chi connectivity index (χ0v) is 15.8. The Hall–Kier alpha value is -2.92. The van der Waals surface area contributed by atoms with Gasteiger partial charge in [0, 0.05) is 37.2 Å². The van der Waals surface area contributed by atoms with Crippen LogP contribution in [0.4, 0.5) is 5.69 Å². The maximum absolute atomic E-state index is 13.0. The lowest BCUT2D eigenvalue weighted by Crippen LogP contribution is -2.31. The van der Waals surface area contributed by atoms with E-state index in [4.69, 9.17) is 0 Å². The third-order valence-corrected chi connectivity index (χ3v) is 6.02. The lowest BCUT2D eigenvalue weighted by Gasteiger charge is -2.28. The van der Waals surface area contributed by atoms with Crippen molar-refractivity contribution < 1.29 is 4.79 Å². The van der Waals surface area contributed by atoms with Gasteiger partial charge in [-0.3, -0.25) is 14.8 Å². The van der Waals surface area contributed by atoms with Gasteiger partial charge in [-0.1, -0.05) is 36.4 Å². The van der Waals surface area contributed by atoms with Crippen LogP contribution in [-0.4, -0.2) is 27.5 Å². The summed E-state index contributed by atoms with van der Waals surface area (Å²) in [6.45, 7) is 2.80. The van der Waals surface area contributed by atoms with E-state index < -0.39 is 0 Å². The summed E-state index contributed by atoms with van der Waals surface area (Å²) in [4.78, 5) is 15.4. The number of hydrogen-bond acceptors (Lipinski definition) is 3. The molecule has 1 aromatic heterocycles. The molecule has 0 unspecified atom stereocenters. The summed E-state index contributed by atoms with van der Waals surface area (Å²) in [6, 6.07) is 18.5. The molecule has 1 amide bonds. The number of nitrogens with one attached hydrogen (secondary N) is 2. The SMILES string of the molecule is O=C(Nc1ccc2c(c1)CN(Cc1ccn[nH]1)CC2)C1(c2ccccc2)CC1. The number of aromatic amines is 1. The van der Waals surface area contributed by atoms with Crippen molar-refractivity contribution in [3.63, 3.8) is 0 Å². The van der Waals surface area contributed by atoms with E-state index >= 15 is 0 Å². The minimum atomic E-state index is -0.343. The zero-order valence-electron chi connectivity index (χ0n) is 15.8. The summed E-state index contributed by atoms with van der Waals surface area (Å²) in [7, 11) is 0. The normalized spacial score (nSPS) is 17.7. The summed E-state index contributed by atoms with van der Waals surface area (Å²) < 4.78 is 0. The molecule has 1 aliphatic carbocycles. The van der Waals surface area contributed by atoms with E-state index in [-0.39, 0.29) is 11.3 Å². The Morgan fingerprint density at radius 3 is 2.71 bits per heavy atom. The van der Waals surface area contributed by atoms with Gasteiger partial charge in [0.05, 0.1) is 5.41 Å². The van der Waals surface area contributed by atoms with Gasteiger partial charge in [0.15, 0.2) is 0 Å². The molecule has 2 N–H and O–H groups in total. The summed E-state index contributed by atoms with van der Waals surface area (Å²) >= 11 is 0. The first kappa shape index (κ1) is 17.2. The molecular weight excluding hydrogens is 348 g/mol.